The lowest BCUT2D eigenvalue weighted by Crippen LogP contribution is -2.46. The van der Waals surface area contributed by atoms with Crippen molar-refractivity contribution in [2.45, 2.75) is 39.6 Å². The van der Waals surface area contributed by atoms with Gasteiger partial charge in [-0.2, -0.15) is 0 Å². The second kappa shape index (κ2) is 9.51. The van der Waals surface area contributed by atoms with E-state index in [-0.39, 0.29) is 5.91 Å². The van der Waals surface area contributed by atoms with Crippen molar-refractivity contribution in [3.8, 4) is 0 Å². The number of carbonyl (C=O) groups excluding carboxylic acids is 1. The van der Waals surface area contributed by atoms with Crippen LogP contribution in [0.25, 0.3) is 10.8 Å². The number of hydrogen-bond acceptors (Lipinski definition) is 4. The van der Waals surface area contributed by atoms with E-state index in [4.69, 9.17) is 15.2 Å². The summed E-state index contributed by atoms with van der Waals surface area (Å²) in [4.78, 5) is 14.3. The summed E-state index contributed by atoms with van der Waals surface area (Å²) in [6.07, 6.45) is -0.451. The van der Waals surface area contributed by atoms with Gasteiger partial charge < -0.3 is 20.1 Å². The third-order valence-corrected chi connectivity index (χ3v) is 4.02. The van der Waals surface area contributed by atoms with Gasteiger partial charge in [-0.25, -0.2) is 0 Å². The Morgan fingerprint density at radius 3 is 2.36 bits per heavy atom. The van der Waals surface area contributed by atoms with Gasteiger partial charge in [0.2, 0.25) is 5.91 Å². The van der Waals surface area contributed by atoms with Crippen molar-refractivity contribution < 1.29 is 14.3 Å². The Morgan fingerprint density at radius 2 is 1.72 bits per heavy atom. The van der Waals surface area contributed by atoms with Gasteiger partial charge in [0.15, 0.2) is 6.29 Å². The van der Waals surface area contributed by atoms with Crippen molar-refractivity contribution in [3.63, 3.8) is 0 Å². The van der Waals surface area contributed by atoms with E-state index in [0.29, 0.717) is 26.3 Å². The van der Waals surface area contributed by atoms with Crippen molar-refractivity contribution in [2.75, 3.05) is 19.8 Å². The third-order valence-electron chi connectivity index (χ3n) is 4.02. The van der Waals surface area contributed by atoms with E-state index in [1.807, 2.05) is 38.1 Å². The van der Waals surface area contributed by atoms with Gasteiger partial charge in [-0.1, -0.05) is 42.5 Å². The Hall–Kier alpha value is -1.95. The summed E-state index contributed by atoms with van der Waals surface area (Å²) in [6.45, 7) is 7.40. The fraction of sp³-hybridized carbons (Fsp3) is 0.450. The van der Waals surface area contributed by atoms with Gasteiger partial charge in [0.1, 0.15) is 0 Å². The highest BCUT2D eigenvalue weighted by Crippen LogP contribution is 2.20. The molecule has 2 N–H and O–H groups in total. The quantitative estimate of drug-likeness (QED) is 0.711. The average molecular weight is 344 g/mol. The standard InChI is InChI=1S/C20H28N2O3/c1-4-24-19(25-5-2)14-22(20(23)15(3)21)13-17-11-8-10-16-9-6-7-12-18(16)17/h6-12,15,19H,4-5,13-14,21H2,1-3H3/t15-/m0/s1. The van der Waals surface area contributed by atoms with Gasteiger partial charge in [-0.3, -0.25) is 4.79 Å². The fourth-order valence-corrected chi connectivity index (χ4v) is 2.86. The molecule has 25 heavy (non-hydrogen) atoms. The Balaban J connectivity index is 2.27. The molecule has 2 rings (SSSR count). The Labute approximate surface area is 149 Å². The minimum absolute atomic E-state index is 0.114. The van der Waals surface area contributed by atoms with Crippen LogP contribution in [0.1, 0.15) is 26.3 Å². The fourth-order valence-electron chi connectivity index (χ4n) is 2.86. The van der Waals surface area contributed by atoms with Crippen LogP contribution in [-0.4, -0.2) is 42.9 Å². The molecule has 0 aliphatic heterocycles. The predicted octanol–water partition coefficient (Wildman–Crippen LogP) is 2.91. The van der Waals surface area contributed by atoms with E-state index in [2.05, 4.69) is 18.2 Å². The maximum absolute atomic E-state index is 12.6. The first-order chi connectivity index (χ1) is 12.1. The van der Waals surface area contributed by atoms with Crippen LogP contribution in [-0.2, 0) is 20.8 Å². The van der Waals surface area contributed by atoms with Gasteiger partial charge in [0.25, 0.3) is 0 Å². The Bertz CT molecular complexity index is 676. The van der Waals surface area contributed by atoms with Gasteiger partial charge in [-0.15, -0.1) is 0 Å². The molecule has 2 aromatic carbocycles. The van der Waals surface area contributed by atoms with Gasteiger partial charge in [-0.05, 0) is 37.1 Å². The third kappa shape index (κ3) is 5.26. The Kier molecular flexibility index (Phi) is 7.37. The van der Waals surface area contributed by atoms with Crippen LogP contribution in [0.2, 0.25) is 0 Å². The summed E-state index contributed by atoms with van der Waals surface area (Å²) in [7, 11) is 0. The predicted molar refractivity (Wildman–Crippen MR) is 100 cm³/mol. The van der Waals surface area contributed by atoms with E-state index in [1.165, 1.54) is 0 Å². The lowest BCUT2D eigenvalue weighted by molar-refractivity contribution is -0.160. The van der Waals surface area contributed by atoms with Crippen LogP contribution in [0.4, 0.5) is 0 Å². The molecule has 5 nitrogen and oxygen atoms in total. The van der Waals surface area contributed by atoms with Crippen LogP contribution in [0.5, 0.6) is 0 Å². The van der Waals surface area contributed by atoms with Gasteiger partial charge in [0, 0.05) is 19.8 Å². The second-order valence-corrected chi connectivity index (χ2v) is 5.99. The van der Waals surface area contributed by atoms with E-state index < -0.39 is 12.3 Å². The molecule has 0 aromatic heterocycles. The van der Waals surface area contributed by atoms with Crippen molar-refractivity contribution in [3.05, 3.63) is 48.0 Å². The normalized spacial score (nSPS) is 12.5. The van der Waals surface area contributed by atoms with E-state index in [0.717, 1.165) is 16.3 Å². The highest BCUT2D eigenvalue weighted by molar-refractivity contribution is 5.86. The lowest BCUT2D eigenvalue weighted by Gasteiger charge is -2.29. The van der Waals surface area contributed by atoms with Gasteiger partial charge in [0.05, 0.1) is 12.6 Å². The van der Waals surface area contributed by atoms with Crippen LogP contribution < -0.4 is 5.73 Å². The molecular weight excluding hydrogens is 316 g/mol. The molecule has 0 saturated carbocycles. The van der Waals surface area contributed by atoms with Crippen LogP contribution in [0, 0.1) is 0 Å². The zero-order chi connectivity index (χ0) is 18.2. The minimum Gasteiger partial charge on any atom is -0.351 e. The molecule has 0 unspecified atom stereocenters. The number of nitrogens with zero attached hydrogens (tertiary/aromatic N) is 1. The molecule has 0 bridgehead atoms. The molecule has 0 heterocycles. The summed E-state index contributed by atoms with van der Waals surface area (Å²) >= 11 is 0. The number of carbonyl (C=O) groups is 1. The van der Waals surface area contributed by atoms with Crippen LogP contribution in [0.3, 0.4) is 0 Å². The molecule has 0 fully saturated rings. The molecule has 5 heteroatoms. The smallest absolute Gasteiger partial charge is 0.239 e. The molecule has 0 spiro atoms. The molecule has 0 aliphatic rings. The largest absolute Gasteiger partial charge is 0.351 e. The maximum Gasteiger partial charge on any atom is 0.239 e. The van der Waals surface area contributed by atoms with E-state index >= 15 is 0 Å². The summed E-state index contributed by atoms with van der Waals surface area (Å²) < 4.78 is 11.2. The minimum atomic E-state index is -0.570. The molecule has 136 valence electrons. The van der Waals surface area contributed by atoms with Crippen molar-refractivity contribution in [1.29, 1.82) is 0 Å². The molecule has 0 aliphatic carbocycles. The lowest BCUT2D eigenvalue weighted by atomic mass is 10.0. The second-order valence-electron chi connectivity index (χ2n) is 5.99. The highest BCUT2D eigenvalue weighted by atomic mass is 16.7. The number of fused-ring (bicyclic) bond motifs is 1. The van der Waals surface area contributed by atoms with E-state index in [9.17, 15) is 4.79 Å². The zero-order valence-corrected chi connectivity index (χ0v) is 15.3. The molecule has 2 aromatic rings. The first-order valence-electron chi connectivity index (χ1n) is 8.81. The number of hydrogen-bond donors (Lipinski definition) is 1. The summed E-state index contributed by atoms with van der Waals surface area (Å²) in [5, 5.41) is 2.29. The number of benzene rings is 2. The molecule has 0 saturated heterocycles. The molecule has 1 amide bonds. The molecular formula is C20H28N2O3. The SMILES string of the molecule is CCOC(CN(Cc1cccc2ccccc12)C(=O)[C@H](C)N)OCC. The number of ether oxygens (including phenoxy) is 2. The first kappa shape index (κ1) is 19.4. The number of rotatable bonds is 9. The zero-order valence-electron chi connectivity index (χ0n) is 15.3. The monoisotopic (exact) mass is 344 g/mol. The van der Waals surface area contributed by atoms with Crippen LogP contribution in [0.15, 0.2) is 42.5 Å². The number of amides is 1. The van der Waals surface area contributed by atoms with Crippen molar-refractivity contribution in [2.24, 2.45) is 5.73 Å². The summed E-state index contributed by atoms with van der Waals surface area (Å²) in [5.74, 6) is -0.114. The van der Waals surface area contributed by atoms with Crippen molar-refractivity contribution >= 4 is 16.7 Å². The van der Waals surface area contributed by atoms with Crippen LogP contribution >= 0.6 is 0 Å². The average Bonchev–Trinajstić information content (AvgIpc) is 2.61. The number of nitrogens with two attached hydrogens (primary N) is 1. The highest BCUT2D eigenvalue weighted by Gasteiger charge is 2.23. The van der Waals surface area contributed by atoms with Crippen molar-refractivity contribution in [1.82, 2.24) is 4.90 Å². The Morgan fingerprint density at radius 1 is 1.08 bits per heavy atom. The summed E-state index contributed by atoms with van der Waals surface area (Å²) in [5.41, 5.74) is 6.94. The van der Waals surface area contributed by atoms with Gasteiger partial charge >= 0.3 is 0 Å². The summed E-state index contributed by atoms with van der Waals surface area (Å²) in [6, 6.07) is 13.7. The van der Waals surface area contributed by atoms with E-state index in [1.54, 1.807) is 11.8 Å². The maximum atomic E-state index is 12.6. The molecule has 1 atom stereocenters. The topological polar surface area (TPSA) is 64.8 Å². The molecule has 0 radical (unpaired) electrons. The first-order valence-corrected chi connectivity index (χ1v) is 8.81.